The van der Waals surface area contributed by atoms with Crippen molar-refractivity contribution in [3.8, 4) is 6.07 Å². The van der Waals surface area contributed by atoms with Gasteiger partial charge in [-0.3, -0.25) is 0 Å². The van der Waals surface area contributed by atoms with E-state index in [1.807, 2.05) is 34.5 Å². The molecule has 130 valence electrons. The van der Waals surface area contributed by atoms with E-state index < -0.39 is 0 Å². The third-order valence-corrected chi connectivity index (χ3v) is 7.99. The van der Waals surface area contributed by atoms with Crippen molar-refractivity contribution in [2.24, 2.45) is 5.73 Å². The lowest BCUT2D eigenvalue weighted by atomic mass is 10.0. The molecule has 0 spiro atoms. The molecule has 1 aliphatic heterocycles. The summed E-state index contributed by atoms with van der Waals surface area (Å²) in [5, 5.41) is 11.5. The van der Waals surface area contributed by atoms with Crippen molar-refractivity contribution >= 4 is 40.0 Å². The summed E-state index contributed by atoms with van der Waals surface area (Å²) < 4.78 is 0. The topological polar surface area (TPSA) is 49.8 Å². The number of hydrogen-bond acceptors (Lipinski definition) is 5. The summed E-state index contributed by atoms with van der Waals surface area (Å²) in [5.41, 5.74) is 7.39. The molecule has 3 heterocycles. The van der Waals surface area contributed by atoms with Crippen molar-refractivity contribution in [1.29, 1.82) is 5.26 Å². The van der Waals surface area contributed by atoms with Crippen LogP contribution in [0.1, 0.15) is 46.7 Å². The first-order valence-electron chi connectivity index (χ1n) is 8.39. The lowest BCUT2D eigenvalue weighted by Crippen LogP contribution is -2.21. The first-order chi connectivity index (χ1) is 12.1. The summed E-state index contributed by atoms with van der Waals surface area (Å²) in [5.74, 6) is 1.33. The highest BCUT2D eigenvalue weighted by atomic mass is 32.2. The molecule has 3 atom stereocenters. The van der Waals surface area contributed by atoms with Crippen LogP contribution in [0.5, 0.6) is 0 Å². The summed E-state index contributed by atoms with van der Waals surface area (Å²) in [4.78, 5) is 5.14. The van der Waals surface area contributed by atoms with E-state index in [4.69, 9.17) is 5.73 Å². The number of hydrogen-bond donors (Lipinski definition) is 1. The van der Waals surface area contributed by atoms with Crippen molar-refractivity contribution in [1.82, 2.24) is 0 Å². The van der Waals surface area contributed by atoms with Crippen molar-refractivity contribution in [3.63, 3.8) is 0 Å². The van der Waals surface area contributed by atoms with Gasteiger partial charge < -0.3 is 5.73 Å². The minimum atomic E-state index is -0.0334. The molecular weight excluding hydrogens is 364 g/mol. The number of nitriles is 1. The monoisotopic (exact) mass is 386 g/mol. The Morgan fingerprint density at radius 3 is 2.64 bits per heavy atom. The molecule has 0 aromatic carbocycles. The molecule has 5 heteroatoms. The second-order valence-corrected chi connectivity index (χ2v) is 9.56. The van der Waals surface area contributed by atoms with Gasteiger partial charge in [0.25, 0.3) is 0 Å². The molecule has 0 bridgehead atoms. The van der Waals surface area contributed by atoms with Gasteiger partial charge in [0.15, 0.2) is 0 Å². The van der Waals surface area contributed by atoms with E-state index in [0.717, 1.165) is 17.1 Å². The third kappa shape index (κ3) is 4.45. The number of nitrogens with two attached hydrogens (primary N) is 1. The van der Waals surface area contributed by atoms with E-state index in [2.05, 4.69) is 50.3 Å². The van der Waals surface area contributed by atoms with Crippen LogP contribution in [-0.2, 0) is 0 Å². The first kappa shape index (κ1) is 18.5. The molecule has 3 unspecified atom stereocenters. The zero-order valence-electron chi connectivity index (χ0n) is 14.4. The van der Waals surface area contributed by atoms with Crippen LogP contribution in [0.25, 0.3) is 5.57 Å². The van der Waals surface area contributed by atoms with Crippen LogP contribution in [-0.4, -0.2) is 11.8 Å². The SMILES string of the molecule is CC(N)C(C)c1ccc(C2=CC=C(CC(C#N)c3cccs3)SC2)s1. The minimum absolute atomic E-state index is 0.0334. The van der Waals surface area contributed by atoms with Gasteiger partial charge in [-0.25, -0.2) is 0 Å². The van der Waals surface area contributed by atoms with Crippen LogP contribution in [0.4, 0.5) is 0 Å². The Hall–Kier alpha value is -1.32. The zero-order chi connectivity index (χ0) is 17.8. The Kier molecular flexibility index (Phi) is 6.19. The molecule has 0 amide bonds. The van der Waals surface area contributed by atoms with Gasteiger partial charge in [0.2, 0.25) is 0 Å². The Morgan fingerprint density at radius 2 is 2.04 bits per heavy atom. The fourth-order valence-corrected chi connectivity index (χ4v) is 5.77. The van der Waals surface area contributed by atoms with E-state index >= 15 is 0 Å². The van der Waals surface area contributed by atoms with Gasteiger partial charge in [-0.05, 0) is 47.4 Å². The summed E-state index contributed by atoms with van der Waals surface area (Å²) >= 11 is 5.38. The Morgan fingerprint density at radius 1 is 1.20 bits per heavy atom. The van der Waals surface area contributed by atoms with Crippen LogP contribution in [0, 0.1) is 11.3 Å². The number of thiophene rings is 2. The van der Waals surface area contributed by atoms with Gasteiger partial charge >= 0.3 is 0 Å². The van der Waals surface area contributed by atoms with E-state index in [9.17, 15) is 5.26 Å². The maximum Gasteiger partial charge on any atom is 0.0851 e. The number of allylic oxidation sites excluding steroid dienone is 3. The lowest BCUT2D eigenvalue weighted by Gasteiger charge is -2.16. The van der Waals surface area contributed by atoms with Gasteiger partial charge in [-0.1, -0.05) is 25.1 Å². The normalized spacial score (nSPS) is 18.0. The molecule has 2 aromatic rings. The molecule has 2 N–H and O–H groups in total. The predicted molar refractivity (Wildman–Crippen MR) is 112 cm³/mol. The van der Waals surface area contributed by atoms with Crippen molar-refractivity contribution in [2.45, 2.75) is 38.1 Å². The lowest BCUT2D eigenvalue weighted by molar-refractivity contribution is 0.622. The second-order valence-electron chi connectivity index (χ2n) is 6.36. The van der Waals surface area contributed by atoms with E-state index in [0.29, 0.717) is 5.92 Å². The largest absolute Gasteiger partial charge is 0.327 e. The average Bonchev–Trinajstić information content (AvgIpc) is 3.31. The second kappa shape index (κ2) is 8.37. The highest BCUT2D eigenvalue weighted by Gasteiger charge is 2.18. The number of thioether (sulfide) groups is 1. The predicted octanol–water partition coefficient (Wildman–Crippen LogP) is 5.97. The summed E-state index contributed by atoms with van der Waals surface area (Å²) in [6.07, 6.45) is 5.22. The Labute approximate surface area is 162 Å². The molecule has 2 aromatic heterocycles. The van der Waals surface area contributed by atoms with Crippen LogP contribution in [0.15, 0.2) is 46.7 Å². The summed E-state index contributed by atoms with van der Waals surface area (Å²) in [7, 11) is 0. The van der Waals surface area contributed by atoms with Gasteiger partial charge in [0, 0.05) is 32.3 Å². The molecule has 0 saturated carbocycles. The molecule has 1 aliphatic rings. The van der Waals surface area contributed by atoms with Gasteiger partial charge in [-0.15, -0.1) is 34.4 Å². The van der Waals surface area contributed by atoms with Gasteiger partial charge in [0.05, 0.1) is 12.0 Å². The van der Waals surface area contributed by atoms with Crippen molar-refractivity contribution in [3.05, 3.63) is 61.3 Å². The van der Waals surface area contributed by atoms with Crippen LogP contribution in [0.2, 0.25) is 0 Å². The highest BCUT2D eigenvalue weighted by Crippen LogP contribution is 2.39. The van der Waals surface area contributed by atoms with Crippen molar-refractivity contribution < 1.29 is 0 Å². The smallest absolute Gasteiger partial charge is 0.0851 e. The molecule has 3 rings (SSSR count). The van der Waals surface area contributed by atoms with Crippen molar-refractivity contribution in [2.75, 3.05) is 5.75 Å². The molecule has 0 aliphatic carbocycles. The Bertz CT molecular complexity index is 806. The fraction of sp³-hybridized carbons (Fsp3) is 0.350. The maximum atomic E-state index is 9.45. The van der Waals surface area contributed by atoms with E-state index in [-0.39, 0.29) is 12.0 Å². The average molecular weight is 387 g/mol. The first-order valence-corrected chi connectivity index (χ1v) is 11.1. The molecule has 0 radical (unpaired) electrons. The van der Waals surface area contributed by atoms with Gasteiger partial charge in [0.1, 0.15) is 0 Å². The third-order valence-electron chi connectivity index (χ3n) is 4.51. The standard InChI is InChI=1S/C20H22N2S3/c1-13(14(2)22)18-7-8-20(25-18)15-5-6-17(24-12-15)10-16(11-21)19-4-3-9-23-19/h3-9,13-14,16H,10,12,22H2,1-2H3. The molecular formula is C20H22N2S3. The molecule has 2 nitrogen and oxygen atoms in total. The van der Waals surface area contributed by atoms with Crippen LogP contribution >= 0.6 is 34.4 Å². The maximum absolute atomic E-state index is 9.45. The molecule has 0 fully saturated rings. The summed E-state index contributed by atoms with van der Waals surface area (Å²) in [6, 6.07) is 11.1. The van der Waals surface area contributed by atoms with Crippen LogP contribution in [0.3, 0.4) is 0 Å². The highest BCUT2D eigenvalue weighted by molar-refractivity contribution is 8.03. The minimum Gasteiger partial charge on any atom is -0.327 e. The van der Waals surface area contributed by atoms with E-state index in [1.54, 1.807) is 11.3 Å². The van der Waals surface area contributed by atoms with E-state index in [1.165, 1.54) is 20.2 Å². The Balaban J connectivity index is 1.70. The molecule has 0 saturated heterocycles. The summed E-state index contributed by atoms with van der Waals surface area (Å²) in [6.45, 7) is 4.25. The van der Waals surface area contributed by atoms with Crippen LogP contribution < -0.4 is 5.73 Å². The zero-order valence-corrected chi connectivity index (χ0v) is 16.9. The fourth-order valence-electron chi connectivity index (χ4n) is 2.67. The molecule has 25 heavy (non-hydrogen) atoms. The number of rotatable bonds is 6. The number of nitrogens with zero attached hydrogens (tertiary/aromatic N) is 1. The quantitative estimate of drug-likeness (QED) is 0.665. The van der Waals surface area contributed by atoms with Gasteiger partial charge in [-0.2, -0.15) is 5.26 Å².